The molecule has 0 fully saturated rings. The van der Waals surface area contributed by atoms with E-state index in [0.29, 0.717) is 5.69 Å². The van der Waals surface area contributed by atoms with Crippen molar-refractivity contribution < 1.29 is 28.6 Å². The molecule has 9 heteroatoms. The Balaban J connectivity index is 2.31. The molecule has 3 N–H and O–H groups in total. The number of aliphatic hydroxyl groups is 1. The zero-order chi connectivity index (χ0) is 20.1. The van der Waals surface area contributed by atoms with Crippen molar-refractivity contribution in [1.82, 2.24) is 4.90 Å². The van der Waals surface area contributed by atoms with Gasteiger partial charge in [-0.05, 0) is 18.2 Å². The largest absolute Gasteiger partial charge is 0.466 e. The Hall–Kier alpha value is -2.94. The Morgan fingerprint density at radius 1 is 1.37 bits per heavy atom. The molecule has 0 atom stereocenters. The van der Waals surface area contributed by atoms with Gasteiger partial charge in [0.05, 0.1) is 31.5 Å². The third-order valence-electron chi connectivity index (χ3n) is 3.97. The van der Waals surface area contributed by atoms with Gasteiger partial charge in [0.2, 0.25) is 5.91 Å². The average molecular weight is 379 g/mol. The van der Waals surface area contributed by atoms with E-state index in [-0.39, 0.29) is 48.5 Å². The summed E-state index contributed by atoms with van der Waals surface area (Å²) in [5, 5.41) is 14.3. The van der Waals surface area contributed by atoms with Gasteiger partial charge < -0.3 is 25.4 Å². The number of nitrogens with zero attached hydrogens (tertiary/aromatic N) is 1. The molecular weight excluding hydrogens is 357 g/mol. The van der Waals surface area contributed by atoms with E-state index in [1.54, 1.807) is 13.8 Å². The number of esters is 1. The standard InChI is InChI=1S/C18H22FN3O5/c1-10(2)16(24)21-14-8-11(4-5-13(14)19)20-15-12(18(26)27-3)9-22(6-7-23)17(15)25/h4-5,8,10,20,23H,6-7,9H2,1-3H3,(H,21,24). The maximum atomic E-state index is 14.0. The third kappa shape index (κ3) is 4.62. The monoisotopic (exact) mass is 379 g/mol. The van der Waals surface area contributed by atoms with Crippen LogP contribution in [0, 0.1) is 11.7 Å². The van der Waals surface area contributed by atoms with Gasteiger partial charge in [0.25, 0.3) is 5.91 Å². The molecule has 0 unspecified atom stereocenters. The minimum atomic E-state index is -0.679. The Morgan fingerprint density at radius 3 is 2.67 bits per heavy atom. The molecule has 2 rings (SSSR count). The first-order valence-corrected chi connectivity index (χ1v) is 8.37. The van der Waals surface area contributed by atoms with Gasteiger partial charge in [-0.15, -0.1) is 0 Å². The Morgan fingerprint density at radius 2 is 2.07 bits per heavy atom. The van der Waals surface area contributed by atoms with Gasteiger partial charge in [-0.2, -0.15) is 0 Å². The van der Waals surface area contributed by atoms with Crippen molar-refractivity contribution in [2.75, 3.05) is 37.4 Å². The lowest BCUT2D eigenvalue weighted by molar-refractivity contribution is -0.136. The van der Waals surface area contributed by atoms with Crippen molar-refractivity contribution in [1.29, 1.82) is 0 Å². The summed E-state index contributed by atoms with van der Waals surface area (Å²) >= 11 is 0. The number of carbonyl (C=O) groups excluding carboxylic acids is 3. The number of aliphatic hydroxyl groups excluding tert-OH is 1. The number of benzene rings is 1. The molecule has 0 spiro atoms. The van der Waals surface area contributed by atoms with Crippen LogP contribution in [0.25, 0.3) is 0 Å². The van der Waals surface area contributed by atoms with E-state index in [0.717, 1.165) is 6.07 Å². The number of carbonyl (C=O) groups is 3. The van der Waals surface area contributed by atoms with Crippen LogP contribution in [0.5, 0.6) is 0 Å². The first-order chi connectivity index (χ1) is 12.8. The fourth-order valence-electron chi connectivity index (χ4n) is 2.47. The summed E-state index contributed by atoms with van der Waals surface area (Å²) in [6.07, 6.45) is 0. The Labute approximate surface area is 156 Å². The van der Waals surface area contributed by atoms with Gasteiger partial charge in [0, 0.05) is 18.2 Å². The molecule has 27 heavy (non-hydrogen) atoms. The van der Waals surface area contributed by atoms with Crippen molar-refractivity contribution in [3.05, 3.63) is 35.3 Å². The number of β-amino-alcohol motifs (C(OH)–C–C–N with tert-alkyl or cyclic N) is 1. The second kappa shape index (κ2) is 8.63. The number of anilines is 2. The average Bonchev–Trinajstić information content (AvgIpc) is 2.93. The van der Waals surface area contributed by atoms with Crippen LogP contribution in [0.3, 0.4) is 0 Å². The summed E-state index contributed by atoms with van der Waals surface area (Å²) < 4.78 is 18.7. The number of rotatable bonds is 7. The summed E-state index contributed by atoms with van der Waals surface area (Å²) in [5.74, 6) is -2.48. The van der Waals surface area contributed by atoms with Crippen molar-refractivity contribution in [2.24, 2.45) is 5.92 Å². The van der Waals surface area contributed by atoms with E-state index in [4.69, 9.17) is 9.84 Å². The predicted octanol–water partition coefficient (Wildman–Crippen LogP) is 1.09. The smallest absolute Gasteiger partial charge is 0.337 e. The maximum Gasteiger partial charge on any atom is 0.337 e. The summed E-state index contributed by atoms with van der Waals surface area (Å²) in [5.41, 5.74) is 0.360. The van der Waals surface area contributed by atoms with Crippen molar-refractivity contribution >= 4 is 29.2 Å². The van der Waals surface area contributed by atoms with Crippen LogP contribution in [-0.4, -0.2) is 54.6 Å². The molecule has 0 aromatic heterocycles. The molecule has 146 valence electrons. The molecule has 1 heterocycles. The van der Waals surface area contributed by atoms with Crippen LogP contribution < -0.4 is 10.6 Å². The molecule has 0 aliphatic carbocycles. The first-order valence-electron chi connectivity index (χ1n) is 8.37. The van der Waals surface area contributed by atoms with Crippen LogP contribution in [0.15, 0.2) is 29.5 Å². The lowest BCUT2D eigenvalue weighted by atomic mass is 10.2. The molecular formula is C18H22FN3O5. The molecule has 0 bridgehead atoms. The van der Waals surface area contributed by atoms with Gasteiger partial charge in [-0.3, -0.25) is 9.59 Å². The van der Waals surface area contributed by atoms with Crippen LogP contribution in [-0.2, 0) is 19.1 Å². The third-order valence-corrected chi connectivity index (χ3v) is 3.97. The van der Waals surface area contributed by atoms with Crippen molar-refractivity contribution in [3.8, 4) is 0 Å². The normalized spacial score (nSPS) is 14.0. The highest BCUT2D eigenvalue weighted by molar-refractivity contribution is 6.08. The van der Waals surface area contributed by atoms with E-state index in [1.807, 2.05) is 0 Å². The number of ether oxygens (including phenoxy) is 1. The summed E-state index contributed by atoms with van der Waals surface area (Å²) in [6.45, 7) is 3.15. The number of halogens is 1. The number of amides is 2. The van der Waals surface area contributed by atoms with E-state index in [2.05, 4.69) is 10.6 Å². The molecule has 1 aliphatic heterocycles. The molecule has 8 nitrogen and oxygen atoms in total. The minimum Gasteiger partial charge on any atom is -0.466 e. The van der Waals surface area contributed by atoms with E-state index < -0.39 is 17.7 Å². The van der Waals surface area contributed by atoms with Crippen LogP contribution in [0.2, 0.25) is 0 Å². The van der Waals surface area contributed by atoms with Gasteiger partial charge in [0.1, 0.15) is 11.5 Å². The second-order valence-electron chi connectivity index (χ2n) is 6.26. The second-order valence-corrected chi connectivity index (χ2v) is 6.26. The number of methoxy groups -OCH3 is 1. The topological polar surface area (TPSA) is 108 Å². The highest BCUT2D eigenvalue weighted by Gasteiger charge is 2.34. The zero-order valence-corrected chi connectivity index (χ0v) is 15.3. The van der Waals surface area contributed by atoms with Gasteiger partial charge in [0.15, 0.2) is 0 Å². The Kier molecular flexibility index (Phi) is 6.51. The lowest BCUT2D eigenvalue weighted by Crippen LogP contribution is -2.31. The van der Waals surface area contributed by atoms with Crippen LogP contribution in [0.1, 0.15) is 13.8 Å². The molecule has 1 aromatic carbocycles. The van der Waals surface area contributed by atoms with Crippen LogP contribution >= 0.6 is 0 Å². The molecule has 1 aromatic rings. The highest BCUT2D eigenvalue weighted by atomic mass is 19.1. The SMILES string of the molecule is COC(=O)C1=C(Nc2ccc(F)c(NC(=O)C(C)C)c2)C(=O)N(CCO)C1. The minimum absolute atomic E-state index is 0.00740. The summed E-state index contributed by atoms with van der Waals surface area (Å²) in [4.78, 5) is 37.6. The molecule has 0 saturated heterocycles. The van der Waals surface area contributed by atoms with Crippen LogP contribution in [0.4, 0.5) is 15.8 Å². The maximum absolute atomic E-state index is 14.0. The zero-order valence-electron chi connectivity index (χ0n) is 15.3. The fraction of sp³-hybridized carbons (Fsp3) is 0.389. The van der Waals surface area contributed by atoms with Gasteiger partial charge >= 0.3 is 5.97 Å². The summed E-state index contributed by atoms with van der Waals surface area (Å²) in [7, 11) is 1.20. The first kappa shape index (κ1) is 20.4. The van der Waals surface area contributed by atoms with Gasteiger partial charge in [-0.25, -0.2) is 9.18 Å². The molecule has 0 saturated carbocycles. The van der Waals surface area contributed by atoms with E-state index in [9.17, 15) is 18.8 Å². The van der Waals surface area contributed by atoms with Gasteiger partial charge in [-0.1, -0.05) is 13.8 Å². The lowest BCUT2D eigenvalue weighted by Gasteiger charge is -2.15. The summed E-state index contributed by atoms with van der Waals surface area (Å²) in [6, 6.07) is 3.85. The van der Waals surface area contributed by atoms with E-state index >= 15 is 0 Å². The van der Waals surface area contributed by atoms with Crippen molar-refractivity contribution in [3.63, 3.8) is 0 Å². The van der Waals surface area contributed by atoms with E-state index in [1.165, 1.54) is 24.1 Å². The number of hydrogen-bond acceptors (Lipinski definition) is 6. The Bertz CT molecular complexity index is 791. The quantitative estimate of drug-likeness (QED) is 0.612. The fourth-order valence-corrected chi connectivity index (χ4v) is 2.47. The molecule has 1 aliphatic rings. The van der Waals surface area contributed by atoms with Crippen molar-refractivity contribution in [2.45, 2.75) is 13.8 Å². The highest BCUT2D eigenvalue weighted by Crippen LogP contribution is 2.26. The number of nitrogens with one attached hydrogen (secondary N) is 2. The molecule has 0 radical (unpaired) electrons. The molecule has 2 amide bonds. The number of hydrogen-bond donors (Lipinski definition) is 3. The predicted molar refractivity (Wildman–Crippen MR) is 96.2 cm³/mol.